The molecular weight excluding hydrogens is 343 g/mol. The summed E-state index contributed by atoms with van der Waals surface area (Å²) in [5.41, 5.74) is 5.85. The second kappa shape index (κ2) is 8.61. The predicted molar refractivity (Wildman–Crippen MR) is 91.0 cm³/mol. The summed E-state index contributed by atoms with van der Waals surface area (Å²) in [6.45, 7) is 0.944. The maximum Gasteiger partial charge on any atom is 0.347 e. The van der Waals surface area contributed by atoms with Crippen LogP contribution in [0, 0.1) is 5.82 Å². The minimum Gasteiger partial charge on any atom is -0.479 e. The molecule has 2 aromatic carbocycles. The second-order valence-corrected chi connectivity index (χ2v) is 5.31. The van der Waals surface area contributed by atoms with Crippen LogP contribution >= 0.6 is 0 Å². The monoisotopic (exact) mass is 360 g/mol. The number of nitrogens with two attached hydrogens (primary N) is 1. The minimum absolute atomic E-state index is 0.301. The van der Waals surface area contributed by atoms with E-state index in [-0.39, 0.29) is 0 Å². The van der Waals surface area contributed by atoms with Gasteiger partial charge in [0.05, 0.1) is 0 Å². The predicted octanol–water partition coefficient (Wildman–Crippen LogP) is 1.87. The van der Waals surface area contributed by atoms with E-state index in [1.807, 2.05) is 0 Å². The quantitative estimate of drug-likeness (QED) is 0.733. The number of ether oxygens (including phenoxy) is 2. The Morgan fingerprint density at radius 3 is 2.27 bits per heavy atom. The van der Waals surface area contributed by atoms with Gasteiger partial charge in [0.15, 0.2) is 12.7 Å². The summed E-state index contributed by atoms with van der Waals surface area (Å²) in [4.78, 5) is 34.6. The highest BCUT2D eigenvalue weighted by atomic mass is 19.1. The van der Waals surface area contributed by atoms with Crippen LogP contribution in [0.1, 0.15) is 17.3 Å². The number of esters is 1. The number of primary amides is 1. The van der Waals surface area contributed by atoms with Crippen molar-refractivity contribution >= 4 is 23.5 Å². The van der Waals surface area contributed by atoms with E-state index in [0.717, 1.165) is 0 Å². The van der Waals surface area contributed by atoms with Crippen LogP contribution in [0.4, 0.5) is 10.1 Å². The molecule has 0 bridgehead atoms. The number of anilines is 1. The van der Waals surface area contributed by atoms with Crippen molar-refractivity contribution < 1.29 is 28.2 Å². The fourth-order valence-corrected chi connectivity index (χ4v) is 1.93. The molecule has 1 atom stereocenters. The van der Waals surface area contributed by atoms with Crippen molar-refractivity contribution in [1.82, 2.24) is 0 Å². The van der Waals surface area contributed by atoms with Crippen molar-refractivity contribution in [3.8, 4) is 5.75 Å². The first kappa shape index (κ1) is 18.9. The van der Waals surface area contributed by atoms with Crippen LogP contribution in [0.5, 0.6) is 5.75 Å². The summed E-state index contributed by atoms with van der Waals surface area (Å²) < 4.78 is 23.0. The number of hydrogen-bond donors (Lipinski definition) is 2. The second-order valence-electron chi connectivity index (χ2n) is 5.31. The Morgan fingerprint density at radius 1 is 1.08 bits per heavy atom. The summed E-state index contributed by atoms with van der Waals surface area (Å²) in [7, 11) is 0. The first-order valence-electron chi connectivity index (χ1n) is 7.63. The number of halogens is 1. The summed E-state index contributed by atoms with van der Waals surface area (Å²) in [6.07, 6.45) is -0.969. The van der Waals surface area contributed by atoms with Gasteiger partial charge in [0.25, 0.3) is 5.91 Å². The van der Waals surface area contributed by atoms with Crippen LogP contribution in [0.15, 0.2) is 48.5 Å². The summed E-state index contributed by atoms with van der Waals surface area (Å²) >= 11 is 0. The van der Waals surface area contributed by atoms with E-state index in [2.05, 4.69) is 5.32 Å². The highest BCUT2D eigenvalue weighted by Crippen LogP contribution is 2.13. The number of rotatable bonds is 7. The molecule has 0 saturated heterocycles. The van der Waals surface area contributed by atoms with Crippen LogP contribution < -0.4 is 15.8 Å². The maximum atomic E-state index is 12.8. The lowest BCUT2D eigenvalue weighted by molar-refractivity contribution is -0.153. The number of benzene rings is 2. The van der Waals surface area contributed by atoms with Gasteiger partial charge in [-0.25, -0.2) is 9.18 Å². The van der Waals surface area contributed by atoms with Crippen molar-refractivity contribution in [2.24, 2.45) is 5.73 Å². The molecule has 0 saturated carbocycles. The van der Waals surface area contributed by atoms with E-state index in [9.17, 15) is 18.8 Å². The van der Waals surface area contributed by atoms with E-state index in [0.29, 0.717) is 17.0 Å². The zero-order valence-corrected chi connectivity index (χ0v) is 13.9. The third-order valence-electron chi connectivity index (χ3n) is 3.26. The van der Waals surface area contributed by atoms with Crippen LogP contribution in [-0.4, -0.2) is 30.5 Å². The zero-order valence-electron chi connectivity index (χ0n) is 13.9. The highest BCUT2D eigenvalue weighted by Gasteiger charge is 2.18. The molecule has 0 aliphatic rings. The molecule has 26 heavy (non-hydrogen) atoms. The van der Waals surface area contributed by atoms with Gasteiger partial charge >= 0.3 is 5.97 Å². The lowest BCUT2D eigenvalue weighted by Gasteiger charge is -2.14. The van der Waals surface area contributed by atoms with Gasteiger partial charge in [0, 0.05) is 11.3 Å². The molecule has 0 aliphatic carbocycles. The summed E-state index contributed by atoms with van der Waals surface area (Å²) in [6, 6.07) is 11.1. The Kier molecular flexibility index (Phi) is 6.26. The van der Waals surface area contributed by atoms with E-state index >= 15 is 0 Å². The molecule has 0 radical (unpaired) electrons. The highest BCUT2D eigenvalue weighted by molar-refractivity contribution is 5.95. The van der Waals surface area contributed by atoms with Gasteiger partial charge in [0.1, 0.15) is 11.6 Å². The SMILES string of the molecule is C[C@@H](Oc1ccc(F)cc1)C(=O)OCC(=O)Nc1ccc(C(N)=O)cc1. The maximum absolute atomic E-state index is 12.8. The van der Waals surface area contributed by atoms with Gasteiger partial charge < -0.3 is 20.5 Å². The largest absolute Gasteiger partial charge is 0.479 e. The molecule has 2 aromatic rings. The topological polar surface area (TPSA) is 108 Å². The summed E-state index contributed by atoms with van der Waals surface area (Å²) in [5, 5.41) is 2.51. The Morgan fingerprint density at radius 2 is 1.69 bits per heavy atom. The van der Waals surface area contributed by atoms with E-state index in [1.165, 1.54) is 55.5 Å². The molecule has 8 heteroatoms. The smallest absolute Gasteiger partial charge is 0.347 e. The normalized spacial score (nSPS) is 11.3. The van der Waals surface area contributed by atoms with Crippen LogP contribution in [0.3, 0.4) is 0 Å². The lowest BCUT2D eigenvalue weighted by atomic mass is 10.2. The molecule has 0 aliphatic heterocycles. The molecule has 0 fully saturated rings. The lowest BCUT2D eigenvalue weighted by Crippen LogP contribution is -2.29. The Balaban J connectivity index is 1.79. The molecule has 2 rings (SSSR count). The molecule has 136 valence electrons. The van der Waals surface area contributed by atoms with E-state index in [4.69, 9.17) is 15.2 Å². The Bertz CT molecular complexity index is 790. The third-order valence-corrected chi connectivity index (χ3v) is 3.26. The van der Waals surface area contributed by atoms with Crippen LogP contribution in [0.25, 0.3) is 0 Å². The van der Waals surface area contributed by atoms with Gasteiger partial charge in [-0.3, -0.25) is 9.59 Å². The first-order valence-corrected chi connectivity index (χ1v) is 7.63. The molecule has 3 N–H and O–H groups in total. The standard InChI is InChI=1S/C18H17FN2O5/c1-11(26-15-8-4-13(19)5-9-15)18(24)25-10-16(22)21-14-6-2-12(3-7-14)17(20)23/h2-9,11H,10H2,1H3,(H2,20,23)(H,21,22)/t11-/m1/s1. The Hall–Kier alpha value is -3.42. The zero-order chi connectivity index (χ0) is 19.1. The fourth-order valence-electron chi connectivity index (χ4n) is 1.93. The van der Waals surface area contributed by atoms with Crippen LogP contribution in [-0.2, 0) is 14.3 Å². The van der Waals surface area contributed by atoms with Gasteiger partial charge in [-0.15, -0.1) is 0 Å². The van der Waals surface area contributed by atoms with Crippen LogP contribution in [0.2, 0.25) is 0 Å². The van der Waals surface area contributed by atoms with Crippen molar-refractivity contribution in [1.29, 1.82) is 0 Å². The minimum atomic E-state index is -0.969. The molecule has 7 nitrogen and oxygen atoms in total. The number of amides is 2. The number of hydrogen-bond acceptors (Lipinski definition) is 5. The molecular formula is C18H17FN2O5. The average molecular weight is 360 g/mol. The van der Waals surface area contributed by atoms with Crippen molar-refractivity contribution in [2.45, 2.75) is 13.0 Å². The molecule has 0 spiro atoms. The molecule has 2 amide bonds. The van der Waals surface area contributed by atoms with Gasteiger partial charge in [0.2, 0.25) is 5.91 Å². The molecule has 0 heterocycles. The fraction of sp³-hybridized carbons (Fsp3) is 0.167. The van der Waals surface area contributed by atoms with Gasteiger partial charge in [-0.2, -0.15) is 0 Å². The molecule has 0 unspecified atom stereocenters. The van der Waals surface area contributed by atoms with E-state index < -0.39 is 36.3 Å². The number of carbonyl (C=O) groups is 3. The molecule has 0 aromatic heterocycles. The van der Waals surface area contributed by atoms with Crippen molar-refractivity contribution in [3.63, 3.8) is 0 Å². The van der Waals surface area contributed by atoms with Gasteiger partial charge in [-0.1, -0.05) is 0 Å². The first-order chi connectivity index (χ1) is 12.3. The van der Waals surface area contributed by atoms with Gasteiger partial charge in [-0.05, 0) is 55.5 Å². The number of carbonyl (C=O) groups excluding carboxylic acids is 3. The van der Waals surface area contributed by atoms with E-state index in [1.54, 1.807) is 0 Å². The van der Waals surface area contributed by atoms with Crippen molar-refractivity contribution in [3.05, 3.63) is 59.9 Å². The average Bonchev–Trinajstić information content (AvgIpc) is 2.62. The third kappa shape index (κ3) is 5.59. The van der Waals surface area contributed by atoms with Crippen molar-refractivity contribution in [2.75, 3.05) is 11.9 Å². The Labute approximate surface area is 148 Å². The number of nitrogens with one attached hydrogen (secondary N) is 1. The summed E-state index contributed by atoms with van der Waals surface area (Å²) in [5.74, 6) is -2.00.